The predicted molar refractivity (Wildman–Crippen MR) is 81.8 cm³/mol. The Morgan fingerprint density at radius 1 is 1.35 bits per heavy atom. The molecular weight excluding hydrogens is 272 g/mol. The van der Waals surface area contributed by atoms with E-state index in [0.717, 1.165) is 22.0 Å². The SMILES string of the molecule is CCN(C(=O)c1sc(C)nc1C)c1cc(O)ccc1C. The minimum atomic E-state index is -0.0655. The van der Waals surface area contributed by atoms with Crippen LogP contribution in [0.15, 0.2) is 18.2 Å². The normalized spacial score (nSPS) is 10.6. The number of hydrogen-bond donors (Lipinski definition) is 1. The zero-order valence-electron chi connectivity index (χ0n) is 12.1. The quantitative estimate of drug-likeness (QED) is 0.942. The van der Waals surface area contributed by atoms with E-state index >= 15 is 0 Å². The molecule has 0 radical (unpaired) electrons. The van der Waals surface area contributed by atoms with Crippen molar-refractivity contribution in [3.05, 3.63) is 39.3 Å². The molecule has 0 fully saturated rings. The van der Waals surface area contributed by atoms with Crippen LogP contribution in [0.5, 0.6) is 5.75 Å². The van der Waals surface area contributed by atoms with Crippen molar-refractivity contribution in [3.8, 4) is 5.75 Å². The monoisotopic (exact) mass is 290 g/mol. The van der Waals surface area contributed by atoms with Crippen molar-refractivity contribution < 1.29 is 9.90 Å². The molecule has 0 saturated carbocycles. The lowest BCUT2D eigenvalue weighted by Gasteiger charge is -2.22. The third-order valence-electron chi connectivity index (χ3n) is 3.14. The first-order valence-corrected chi connectivity index (χ1v) is 7.31. The van der Waals surface area contributed by atoms with Crippen LogP contribution >= 0.6 is 11.3 Å². The highest BCUT2D eigenvalue weighted by Gasteiger charge is 2.22. The van der Waals surface area contributed by atoms with Gasteiger partial charge < -0.3 is 10.0 Å². The van der Waals surface area contributed by atoms with Gasteiger partial charge in [-0.05, 0) is 39.3 Å². The van der Waals surface area contributed by atoms with Crippen molar-refractivity contribution >= 4 is 22.9 Å². The molecule has 0 aliphatic heterocycles. The molecule has 1 N–H and O–H groups in total. The van der Waals surface area contributed by atoms with Crippen LogP contribution in [-0.2, 0) is 0 Å². The molecule has 0 aliphatic carbocycles. The molecule has 1 aromatic heterocycles. The smallest absolute Gasteiger partial charge is 0.270 e. The Labute approximate surface area is 122 Å². The number of carbonyl (C=O) groups excluding carboxylic acids is 1. The molecule has 0 unspecified atom stereocenters. The van der Waals surface area contributed by atoms with Crippen LogP contribution in [0.4, 0.5) is 5.69 Å². The lowest BCUT2D eigenvalue weighted by atomic mass is 10.1. The second kappa shape index (κ2) is 5.63. The van der Waals surface area contributed by atoms with Gasteiger partial charge in [-0.2, -0.15) is 0 Å². The molecule has 1 heterocycles. The Hall–Kier alpha value is -1.88. The zero-order valence-corrected chi connectivity index (χ0v) is 12.9. The van der Waals surface area contributed by atoms with Crippen LogP contribution in [-0.4, -0.2) is 22.5 Å². The molecule has 5 heteroatoms. The summed E-state index contributed by atoms with van der Waals surface area (Å²) in [4.78, 5) is 19.3. The van der Waals surface area contributed by atoms with E-state index in [9.17, 15) is 9.90 Å². The van der Waals surface area contributed by atoms with Crippen molar-refractivity contribution in [1.29, 1.82) is 0 Å². The van der Waals surface area contributed by atoms with Crippen LogP contribution < -0.4 is 4.90 Å². The van der Waals surface area contributed by atoms with E-state index in [1.54, 1.807) is 17.0 Å². The number of nitrogens with zero attached hydrogens (tertiary/aromatic N) is 2. The minimum Gasteiger partial charge on any atom is -0.508 e. The predicted octanol–water partition coefficient (Wildman–Crippen LogP) is 3.44. The van der Waals surface area contributed by atoms with E-state index in [-0.39, 0.29) is 11.7 Å². The van der Waals surface area contributed by atoms with Crippen molar-refractivity contribution in [2.45, 2.75) is 27.7 Å². The molecule has 106 valence electrons. The fourth-order valence-electron chi connectivity index (χ4n) is 2.16. The number of anilines is 1. The van der Waals surface area contributed by atoms with Crippen molar-refractivity contribution in [1.82, 2.24) is 4.98 Å². The van der Waals surface area contributed by atoms with Gasteiger partial charge in [-0.1, -0.05) is 6.07 Å². The van der Waals surface area contributed by atoms with Gasteiger partial charge in [0.2, 0.25) is 0 Å². The maximum Gasteiger partial charge on any atom is 0.270 e. The van der Waals surface area contributed by atoms with Crippen LogP contribution in [0, 0.1) is 20.8 Å². The number of aromatic nitrogens is 1. The summed E-state index contributed by atoms with van der Waals surface area (Å²) < 4.78 is 0. The molecule has 2 aromatic rings. The number of benzene rings is 1. The highest BCUT2D eigenvalue weighted by molar-refractivity contribution is 7.13. The summed E-state index contributed by atoms with van der Waals surface area (Å²) in [6, 6.07) is 5.06. The summed E-state index contributed by atoms with van der Waals surface area (Å²) in [7, 11) is 0. The molecular formula is C15H18N2O2S. The molecule has 0 atom stereocenters. The van der Waals surface area contributed by atoms with E-state index in [1.165, 1.54) is 11.3 Å². The Morgan fingerprint density at radius 2 is 2.05 bits per heavy atom. The number of thiazole rings is 1. The number of aryl methyl sites for hydroxylation is 3. The van der Waals surface area contributed by atoms with Crippen LogP contribution in [0.2, 0.25) is 0 Å². The first-order valence-electron chi connectivity index (χ1n) is 6.49. The maximum atomic E-state index is 12.7. The Bertz CT molecular complexity index is 649. The molecule has 0 bridgehead atoms. The highest BCUT2D eigenvalue weighted by atomic mass is 32.1. The molecule has 0 aliphatic rings. The van der Waals surface area contributed by atoms with Crippen LogP contribution in [0.25, 0.3) is 0 Å². The number of aromatic hydroxyl groups is 1. The molecule has 0 saturated heterocycles. The third kappa shape index (κ3) is 2.67. The number of hydrogen-bond acceptors (Lipinski definition) is 4. The third-order valence-corrected chi connectivity index (χ3v) is 4.20. The summed E-state index contributed by atoms with van der Waals surface area (Å²) in [6.45, 7) is 8.13. The lowest BCUT2D eigenvalue weighted by Crippen LogP contribution is -2.31. The van der Waals surface area contributed by atoms with Gasteiger partial charge >= 0.3 is 0 Å². The van der Waals surface area contributed by atoms with Gasteiger partial charge in [0.15, 0.2) is 0 Å². The highest BCUT2D eigenvalue weighted by Crippen LogP contribution is 2.28. The lowest BCUT2D eigenvalue weighted by molar-refractivity contribution is 0.0991. The Kier molecular flexibility index (Phi) is 4.09. The summed E-state index contributed by atoms with van der Waals surface area (Å²) in [5.74, 6) is 0.0957. The van der Waals surface area contributed by atoms with E-state index < -0.39 is 0 Å². The first-order chi connectivity index (χ1) is 9.43. The van der Waals surface area contributed by atoms with Gasteiger partial charge in [-0.3, -0.25) is 4.79 Å². The molecule has 4 nitrogen and oxygen atoms in total. The van der Waals surface area contributed by atoms with E-state index in [4.69, 9.17) is 0 Å². The summed E-state index contributed by atoms with van der Waals surface area (Å²) in [6.07, 6.45) is 0. The minimum absolute atomic E-state index is 0.0655. The largest absolute Gasteiger partial charge is 0.508 e. The van der Waals surface area contributed by atoms with Gasteiger partial charge in [-0.15, -0.1) is 11.3 Å². The second-order valence-electron chi connectivity index (χ2n) is 4.67. The topological polar surface area (TPSA) is 53.4 Å². The van der Waals surface area contributed by atoms with E-state index in [1.807, 2.05) is 33.8 Å². The number of carbonyl (C=O) groups is 1. The van der Waals surface area contributed by atoms with E-state index in [0.29, 0.717) is 11.4 Å². The first kappa shape index (κ1) is 14.5. The van der Waals surface area contributed by atoms with Crippen LogP contribution in [0.1, 0.15) is 32.9 Å². The van der Waals surface area contributed by atoms with Gasteiger partial charge in [0.25, 0.3) is 5.91 Å². The standard InChI is InChI=1S/C15H18N2O2S/c1-5-17(13-8-12(18)7-6-9(13)2)15(19)14-10(3)16-11(4)20-14/h6-8,18H,5H2,1-4H3. The average Bonchev–Trinajstić information content (AvgIpc) is 2.73. The maximum absolute atomic E-state index is 12.7. The molecule has 1 aromatic carbocycles. The van der Waals surface area contributed by atoms with Gasteiger partial charge in [0, 0.05) is 12.6 Å². The van der Waals surface area contributed by atoms with Crippen LogP contribution in [0.3, 0.4) is 0 Å². The van der Waals surface area contributed by atoms with Crippen molar-refractivity contribution in [3.63, 3.8) is 0 Å². The van der Waals surface area contributed by atoms with Crippen molar-refractivity contribution in [2.75, 3.05) is 11.4 Å². The zero-order chi connectivity index (χ0) is 14.9. The average molecular weight is 290 g/mol. The Morgan fingerprint density at radius 3 is 2.60 bits per heavy atom. The second-order valence-corrected chi connectivity index (χ2v) is 5.87. The summed E-state index contributed by atoms with van der Waals surface area (Å²) >= 11 is 1.41. The number of phenolic OH excluding ortho intramolecular Hbond substituents is 1. The number of rotatable bonds is 3. The number of phenols is 1. The van der Waals surface area contributed by atoms with E-state index in [2.05, 4.69) is 4.98 Å². The molecule has 20 heavy (non-hydrogen) atoms. The summed E-state index contributed by atoms with van der Waals surface area (Å²) in [5, 5.41) is 10.5. The Balaban J connectivity index is 2.44. The van der Waals surface area contributed by atoms with Gasteiger partial charge in [-0.25, -0.2) is 4.98 Å². The fourth-order valence-corrected chi connectivity index (χ4v) is 3.03. The van der Waals surface area contributed by atoms with Crippen molar-refractivity contribution in [2.24, 2.45) is 0 Å². The van der Waals surface area contributed by atoms with Gasteiger partial charge in [0.05, 0.1) is 16.4 Å². The van der Waals surface area contributed by atoms with Gasteiger partial charge in [0.1, 0.15) is 10.6 Å². The molecule has 0 spiro atoms. The fraction of sp³-hybridized carbons (Fsp3) is 0.333. The molecule has 1 amide bonds. The number of amides is 1. The summed E-state index contributed by atoms with van der Waals surface area (Å²) in [5.41, 5.74) is 2.45. The molecule has 2 rings (SSSR count).